The SMILES string of the molecule is C=CCn1c(SCC(=O)Nc2ccccc2[N+](=O)[O-])nnc1-c1cc(Br)ccc1O. The Morgan fingerprint density at radius 1 is 1.33 bits per heavy atom. The number of carbonyl (C=O) groups excluding carboxylic acids is 1. The number of nitro benzene ring substituents is 1. The number of rotatable bonds is 8. The van der Waals surface area contributed by atoms with E-state index < -0.39 is 10.8 Å². The predicted octanol–water partition coefficient (Wildman–Crippen LogP) is 4.24. The molecule has 11 heteroatoms. The van der Waals surface area contributed by atoms with Crippen molar-refractivity contribution < 1.29 is 14.8 Å². The Bertz CT molecular complexity index is 1120. The van der Waals surface area contributed by atoms with Gasteiger partial charge in [-0.1, -0.05) is 45.9 Å². The van der Waals surface area contributed by atoms with Crippen LogP contribution in [0.4, 0.5) is 11.4 Å². The second-order valence-electron chi connectivity index (χ2n) is 5.98. The molecule has 9 nitrogen and oxygen atoms in total. The summed E-state index contributed by atoms with van der Waals surface area (Å²) in [5.41, 5.74) is 0.424. The molecular formula is C19H16BrN5O4S. The molecule has 2 aromatic carbocycles. The van der Waals surface area contributed by atoms with Crippen molar-refractivity contribution in [2.24, 2.45) is 0 Å². The second kappa shape index (κ2) is 9.55. The molecule has 1 amide bonds. The van der Waals surface area contributed by atoms with Crippen LogP contribution in [0, 0.1) is 10.1 Å². The number of allylic oxidation sites excluding steroid dienone is 1. The molecule has 0 aliphatic carbocycles. The number of hydrogen-bond donors (Lipinski definition) is 2. The van der Waals surface area contributed by atoms with Gasteiger partial charge in [-0.15, -0.1) is 16.8 Å². The van der Waals surface area contributed by atoms with Crippen LogP contribution in [0.25, 0.3) is 11.4 Å². The fraction of sp³-hybridized carbons (Fsp3) is 0.105. The molecule has 2 N–H and O–H groups in total. The number of halogens is 1. The number of benzene rings is 2. The van der Waals surface area contributed by atoms with Crippen LogP contribution < -0.4 is 5.32 Å². The highest BCUT2D eigenvalue weighted by atomic mass is 79.9. The molecule has 0 fully saturated rings. The van der Waals surface area contributed by atoms with Crippen molar-refractivity contribution >= 4 is 45.0 Å². The van der Waals surface area contributed by atoms with Crippen LogP contribution in [0.1, 0.15) is 0 Å². The molecule has 0 spiro atoms. The highest BCUT2D eigenvalue weighted by molar-refractivity contribution is 9.10. The Labute approximate surface area is 184 Å². The number of aromatic hydroxyl groups is 1. The van der Waals surface area contributed by atoms with E-state index in [0.717, 1.165) is 16.2 Å². The van der Waals surface area contributed by atoms with Crippen molar-refractivity contribution in [3.63, 3.8) is 0 Å². The third kappa shape index (κ3) is 4.86. The number of para-hydroxylation sites is 2. The van der Waals surface area contributed by atoms with E-state index in [0.29, 0.717) is 23.1 Å². The van der Waals surface area contributed by atoms with E-state index in [1.807, 2.05) is 0 Å². The standard InChI is InChI=1S/C19H16BrN5O4S/c1-2-9-24-18(13-10-12(20)7-8-16(13)26)22-23-19(24)30-11-17(27)21-14-5-3-4-6-15(14)25(28)29/h2-8,10,26H,1,9,11H2,(H,21,27). The van der Waals surface area contributed by atoms with Crippen molar-refractivity contribution in [3.05, 3.63) is 69.7 Å². The first-order chi connectivity index (χ1) is 14.4. The third-order valence-corrected chi connectivity index (χ3v) is 5.40. The monoisotopic (exact) mass is 489 g/mol. The maximum Gasteiger partial charge on any atom is 0.292 e. The Hall–Kier alpha value is -3.18. The first-order valence-electron chi connectivity index (χ1n) is 8.59. The zero-order chi connectivity index (χ0) is 21.7. The number of nitro groups is 1. The number of phenols is 1. The van der Waals surface area contributed by atoms with E-state index in [1.54, 1.807) is 34.9 Å². The molecule has 0 aliphatic heterocycles. The molecule has 30 heavy (non-hydrogen) atoms. The van der Waals surface area contributed by atoms with Crippen LogP contribution in [-0.4, -0.2) is 36.5 Å². The van der Waals surface area contributed by atoms with Crippen molar-refractivity contribution in [3.8, 4) is 17.1 Å². The van der Waals surface area contributed by atoms with Gasteiger partial charge in [0.25, 0.3) is 5.69 Å². The van der Waals surface area contributed by atoms with Crippen LogP contribution in [0.15, 0.2) is 64.7 Å². The van der Waals surface area contributed by atoms with Gasteiger partial charge in [0.2, 0.25) is 5.91 Å². The highest BCUT2D eigenvalue weighted by Crippen LogP contribution is 2.33. The van der Waals surface area contributed by atoms with Crippen molar-refractivity contribution in [1.82, 2.24) is 14.8 Å². The summed E-state index contributed by atoms with van der Waals surface area (Å²) in [6.45, 7) is 4.09. The zero-order valence-electron chi connectivity index (χ0n) is 15.5. The van der Waals surface area contributed by atoms with E-state index in [2.05, 4.69) is 38.0 Å². The maximum absolute atomic E-state index is 12.3. The molecule has 3 aromatic rings. The molecule has 0 saturated carbocycles. The quantitative estimate of drug-likeness (QED) is 0.210. The Morgan fingerprint density at radius 2 is 2.10 bits per heavy atom. The van der Waals surface area contributed by atoms with E-state index in [9.17, 15) is 20.0 Å². The largest absolute Gasteiger partial charge is 0.507 e. The molecule has 0 aliphatic rings. The number of carbonyl (C=O) groups is 1. The summed E-state index contributed by atoms with van der Waals surface area (Å²) in [5, 5.41) is 32.5. The lowest BCUT2D eigenvalue weighted by Gasteiger charge is -2.09. The van der Waals surface area contributed by atoms with Gasteiger partial charge >= 0.3 is 0 Å². The van der Waals surface area contributed by atoms with Gasteiger partial charge in [-0.25, -0.2) is 0 Å². The van der Waals surface area contributed by atoms with Gasteiger partial charge in [0, 0.05) is 17.1 Å². The summed E-state index contributed by atoms with van der Waals surface area (Å²) in [4.78, 5) is 22.9. The van der Waals surface area contributed by atoms with Gasteiger partial charge < -0.3 is 10.4 Å². The van der Waals surface area contributed by atoms with E-state index >= 15 is 0 Å². The number of amides is 1. The van der Waals surface area contributed by atoms with Crippen molar-refractivity contribution in [2.75, 3.05) is 11.1 Å². The minimum Gasteiger partial charge on any atom is -0.507 e. The minimum absolute atomic E-state index is 0.0359. The number of thioether (sulfide) groups is 1. The lowest BCUT2D eigenvalue weighted by Crippen LogP contribution is -2.15. The first-order valence-corrected chi connectivity index (χ1v) is 10.4. The Balaban J connectivity index is 1.78. The predicted molar refractivity (Wildman–Crippen MR) is 117 cm³/mol. The number of anilines is 1. The third-order valence-electron chi connectivity index (χ3n) is 3.94. The molecule has 0 atom stereocenters. The molecule has 0 bridgehead atoms. The number of nitrogens with zero attached hydrogens (tertiary/aromatic N) is 4. The highest BCUT2D eigenvalue weighted by Gasteiger charge is 2.19. The van der Waals surface area contributed by atoms with Crippen LogP contribution in [0.2, 0.25) is 0 Å². The number of aromatic nitrogens is 3. The number of nitrogens with one attached hydrogen (secondary N) is 1. The molecule has 1 aromatic heterocycles. The summed E-state index contributed by atoms with van der Waals surface area (Å²) in [5.74, 6) is 0.0115. The van der Waals surface area contributed by atoms with Gasteiger partial charge in [0.15, 0.2) is 11.0 Å². The molecule has 0 unspecified atom stereocenters. The van der Waals surface area contributed by atoms with E-state index in [1.165, 1.54) is 18.2 Å². The maximum atomic E-state index is 12.3. The summed E-state index contributed by atoms with van der Waals surface area (Å²) in [6.07, 6.45) is 1.65. The van der Waals surface area contributed by atoms with Crippen LogP contribution in [0.5, 0.6) is 5.75 Å². The van der Waals surface area contributed by atoms with Gasteiger partial charge in [0.05, 0.1) is 16.2 Å². The number of phenolic OH excluding ortho intramolecular Hbond substituents is 1. The average molecular weight is 490 g/mol. The van der Waals surface area contributed by atoms with Gasteiger partial charge in [-0.05, 0) is 24.3 Å². The lowest BCUT2D eigenvalue weighted by atomic mass is 10.2. The Morgan fingerprint density at radius 3 is 2.83 bits per heavy atom. The van der Waals surface area contributed by atoms with Crippen molar-refractivity contribution in [1.29, 1.82) is 0 Å². The van der Waals surface area contributed by atoms with E-state index in [-0.39, 0.29) is 22.9 Å². The van der Waals surface area contributed by atoms with Gasteiger partial charge in [-0.2, -0.15) is 0 Å². The topological polar surface area (TPSA) is 123 Å². The van der Waals surface area contributed by atoms with Crippen LogP contribution in [0.3, 0.4) is 0 Å². The molecule has 0 saturated heterocycles. The molecule has 3 rings (SSSR count). The fourth-order valence-electron chi connectivity index (χ4n) is 2.63. The summed E-state index contributed by atoms with van der Waals surface area (Å²) in [6, 6.07) is 10.9. The lowest BCUT2D eigenvalue weighted by molar-refractivity contribution is -0.383. The Kier molecular flexibility index (Phi) is 6.85. The summed E-state index contributed by atoms with van der Waals surface area (Å²) >= 11 is 4.49. The fourth-order valence-corrected chi connectivity index (χ4v) is 3.74. The molecule has 154 valence electrons. The molecule has 0 radical (unpaired) electrons. The van der Waals surface area contributed by atoms with E-state index in [4.69, 9.17) is 0 Å². The smallest absolute Gasteiger partial charge is 0.292 e. The molecule has 1 heterocycles. The van der Waals surface area contributed by atoms with Gasteiger partial charge in [-0.3, -0.25) is 19.5 Å². The summed E-state index contributed by atoms with van der Waals surface area (Å²) < 4.78 is 2.48. The second-order valence-corrected chi connectivity index (χ2v) is 7.84. The molecular weight excluding hydrogens is 474 g/mol. The van der Waals surface area contributed by atoms with Gasteiger partial charge in [0.1, 0.15) is 11.4 Å². The zero-order valence-corrected chi connectivity index (χ0v) is 17.9. The average Bonchev–Trinajstić information content (AvgIpc) is 3.11. The van der Waals surface area contributed by atoms with Crippen LogP contribution in [-0.2, 0) is 11.3 Å². The van der Waals surface area contributed by atoms with Crippen molar-refractivity contribution in [2.45, 2.75) is 11.7 Å². The minimum atomic E-state index is -0.555. The van der Waals surface area contributed by atoms with Crippen LogP contribution >= 0.6 is 27.7 Å². The first kappa shape index (κ1) is 21.5. The normalized spacial score (nSPS) is 10.6. The summed E-state index contributed by atoms with van der Waals surface area (Å²) in [7, 11) is 0. The number of hydrogen-bond acceptors (Lipinski definition) is 7.